The average molecular weight is 482 g/mol. The van der Waals surface area contributed by atoms with Crippen molar-refractivity contribution >= 4 is 53.5 Å². The van der Waals surface area contributed by atoms with E-state index in [4.69, 9.17) is 4.74 Å². The van der Waals surface area contributed by atoms with Crippen LogP contribution in [0, 0.1) is 5.82 Å². The van der Waals surface area contributed by atoms with Gasteiger partial charge in [-0.3, -0.25) is 0 Å². The summed E-state index contributed by atoms with van der Waals surface area (Å²) in [4.78, 5) is 0. The van der Waals surface area contributed by atoms with Crippen LogP contribution in [0.2, 0.25) is 0 Å². The first-order chi connectivity index (χ1) is 10.0. The fraction of sp³-hybridized carbons (Fsp3) is 0.200. The Morgan fingerprint density at radius 1 is 1.10 bits per heavy atom. The zero-order valence-corrected chi connectivity index (χ0v) is 16.0. The van der Waals surface area contributed by atoms with Gasteiger partial charge in [-0.2, -0.15) is 0 Å². The van der Waals surface area contributed by atoms with Crippen LogP contribution in [0.1, 0.15) is 12.5 Å². The van der Waals surface area contributed by atoms with Crippen LogP contribution in [0.25, 0.3) is 0 Å². The van der Waals surface area contributed by atoms with Crippen LogP contribution in [-0.4, -0.2) is 6.61 Å². The number of anilines is 1. The highest BCUT2D eigenvalue weighted by atomic mass is 79.9. The molecule has 0 aromatic heterocycles. The first kappa shape index (κ1) is 16.8. The third-order valence-electron chi connectivity index (χ3n) is 2.77. The molecule has 0 aliphatic heterocycles. The first-order valence-electron chi connectivity index (χ1n) is 6.31. The van der Waals surface area contributed by atoms with Gasteiger partial charge in [-0.15, -0.1) is 0 Å². The van der Waals surface area contributed by atoms with E-state index in [1.165, 1.54) is 12.1 Å². The quantitative estimate of drug-likeness (QED) is 0.555. The zero-order valence-electron chi connectivity index (χ0n) is 11.2. The molecule has 0 amide bonds. The molecule has 0 aliphatic carbocycles. The van der Waals surface area contributed by atoms with E-state index in [-0.39, 0.29) is 5.82 Å². The lowest BCUT2D eigenvalue weighted by Gasteiger charge is -2.15. The summed E-state index contributed by atoms with van der Waals surface area (Å²) in [6.45, 7) is 3.10. The summed E-state index contributed by atoms with van der Waals surface area (Å²) in [5.41, 5.74) is 1.84. The van der Waals surface area contributed by atoms with E-state index in [2.05, 4.69) is 53.1 Å². The van der Waals surface area contributed by atoms with Gasteiger partial charge in [0.1, 0.15) is 11.6 Å². The maximum atomic E-state index is 13.1. The Balaban J connectivity index is 2.22. The summed E-state index contributed by atoms with van der Waals surface area (Å²) in [5, 5.41) is 3.27. The fourth-order valence-electron chi connectivity index (χ4n) is 1.87. The van der Waals surface area contributed by atoms with Crippen molar-refractivity contribution < 1.29 is 9.13 Å². The molecule has 0 radical (unpaired) electrons. The number of nitrogens with one attached hydrogen (secondary N) is 1. The molecule has 21 heavy (non-hydrogen) atoms. The van der Waals surface area contributed by atoms with Gasteiger partial charge in [-0.1, -0.05) is 15.9 Å². The molecule has 0 atom stereocenters. The van der Waals surface area contributed by atoms with Crippen molar-refractivity contribution in [3.05, 3.63) is 55.1 Å². The SMILES string of the molecule is CCOc1c(Br)cc(Br)cc1CNc1ccc(F)cc1Br. The van der Waals surface area contributed by atoms with Crippen molar-refractivity contribution in [1.82, 2.24) is 0 Å². The zero-order chi connectivity index (χ0) is 15.4. The number of halogens is 4. The first-order valence-corrected chi connectivity index (χ1v) is 8.68. The van der Waals surface area contributed by atoms with Crippen molar-refractivity contribution in [2.24, 2.45) is 0 Å². The Hall–Kier alpha value is -0.590. The molecule has 6 heteroatoms. The summed E-state index contributed by atoms with van der Waals surface area (Å²) in [6.07, 6.45) is 0. The summed E-state index contributed by atoms with van der Waals surface area (Å²) < 4.78 is 21.3. The molecule has 0 fully saturated rings. The van der Waals surface area contributed by atoms with E-state index in [0.717, 1.165) is 25.9 Å². The number of hydrogen-bond donors (Lipinski definition) is 1. The number of ether oxygens (including phenoxy) is 1. The minimum absolute atomic E-state index is 0.271. The normalized spacial score (nSPS) is 10.5. The maximum absolute atomic E-state index is 13.1. The van der Waals surface area contributed by atoms with Crippen molar-refractivity contribution in [2.75, 3.05) is 11.9 Å². The maximum Gasteiger partial charge on any atom is 0.138 e. The van der Waals surface area contributed by atoms with Crippen LogP contribution in [0.4, 0.5) is 10.1 Å². The molecular weight excluding hydrogens is 469 g/mol. The Morgan fingerprint density at radius 3 is 2.52 bits per heavy atom. The van der Waals surface area contributed by atoms with Gasteiger partial charge < -0.3 is 10.1 Å². The third kappa shape index (κ3) is 4.44. The lowest BCUT2D eigenvalue weighted by molar-refractivity contribution is 0.334. The van der Waals surface area contributed by atoms with Gasteiger partial charge in [0, 0.05) is 26.7 Å². The number of benzene rings is 2. The molecule has 1 N–H and O–H groups in total. The van der Waals surface area contributed by atoms with Crippen LogP contribution in [-0.2, 0) is 6.54 Å². The van der Waals surface area contributed by atoms with Crippen molar-refractivity contribution in [3.8, 4) is 5.75 Å². The van der Waals surface area contributed by atoms with Crippen LogP contribution in [0.3, 0.4) is 0 Å². The van der Waals surface area contributed by atoms with Crippen LogP contribution < -0.4 is 10.1 Å². The predicted molar refractivity (Wildman–Crippen MR) is 94.4 cm³/mol. The molecular formula is C15H13Br3FNO. The minimum Gasteiger partial charge on any atom is -0.492 e. The fourth-order valence-corrected chi connectivity index (χ4v) is 3.79. The van der Waals surface area contributed by atoms with E-state index in [9.17, 15) is 4.39 Å². The number of hydrogen-bond acceptors (Lipinski definition) is 2. The second-order valence-corrected chi connectivity index (χ2v) is 6.91. The minimum atomic E-state index is -0.271. The summed E-state index contributed by atoms with van der Waals surface area (Å²) in [5.74, 6) is 0.541. The molecule has 2 aromatic rings. The van der Waals surface area contributed by atoms with Gasteiger partial charge in [0.15, 0.2) is 0 Å². The molecule has 0 bridgehead atoms. The van der Waals surface area contributed by atoms with Crippen molar-refractivity contribution in [1.29, 1.82) is 0 Å². The summed E-state index contributed by atoms with van der Waals surface area (Å²) >= 11 is 10.3. The number of rotatable bonds is 5. The lowest BCUT2D eigenvalue weighted by Crippen LogP contribution is -2.04. The van der Waals surface area contributed by atoms with Gasteiger partial charge in [0.2, 0.25) is 0 Å². The Kier molecular flexibility index (Phi) is 6.08. The second-order valence-electron chi connectivity index (χ2n) is 4.29. The largest absolute Gasteiger partial charge is 0.492 e. The lowest BCUT2D eigenvalue weighted by atomic mass is 10.2. The molecule has 2 rings (SSSR count). The Labute approximate surface area is 148 Å². The summed E-state index contributed by atoms with van der Waals surface area (Å²) in [6, 6.07) is 8.51. The standard InChI is InChI=1S/C15H13Br3FNO/c1-2-21-15-9(5-10(16)6-13(15)18)8-20-14-4-3-11(19)7-12(14)17/h3-7,20H,2,8H2,1H3. The highest BCUT2D eigenvalue weighted by Crippen LogP contribution is 2.34. The predicted octanol–water partition coefficient (Wildman–Crippen LogP) is 6.12. The molecule has 0 heterocycles. The second kappa shape index (κ2) is 7.61. The molecule has 0 unspecified atom stereocenters. The molecule has 0 spiro atoms. The van der Waals surface area contributed by atoms with Gasteiger partial charge in [-0.05, 0) is 69.1 Å². The Morgan fingerprint density at radius 2 is 1.86 bits per heavy atom. The Bertz CT molecular complexity index is 649. The van der Waals surface area contributed by atoms with Gasteiger partial charge in [-0.25, -0.2) is 4.39 Å². The molecule has 2 nitrogen and oxygen atoms in total. The van der Waals surface area contributed by atoms with Gasteiger partial charge in [0.05, 0.1) is 11.1 Å². The van der Waals surface area contributed by atoms with Crippen molar-refractivity contribution in [2.45, 2.75) is 13.5 Å². The van der Waals surface area contributed by atoms with E-state index in [0.29, 0.717) is 17.6 Å². The van der Waals surface area contributed by atoms with E-state index < -0.39 is 0 Å². The smallest absolute Gasteiger partial charge is 0.138 e. The van der Waals surface area contributed by atoms with Crippen LogP contribution >= 0.6 is 47.8 Å². The van der Waals surface area contributed by atoms with Gasteiger partial charge in [0.25, 0.3) is 0 Å². The van der Waals surface area contributed by atoms with Gasteiger partial charge >= 0.3 is 0 Å². The van der Waals surface area contributed by atoms with Crippen LogP contribution in [0.5, 0.6) is 5.75 Å². The highest BCUT2D eigenvalue weighted by molar-refractivity contribution is 9.11. The highest BCUT2D eigenvalue weighted by Gasteiger charge is 2.10. The van der Waals surface area contributed by atoms with E-state index in [1.807, 2.05) is 19.1 Å². The molecule has 112 valence electrons. The third-order valence-corrected chi connectivity index (χ3v) is 4.48. The van der Waals surface area contributed by atoms with E-state index in [1.54, 1.807) is 6.07 Å². The van der Waals surface area contributed by atoms with E-state index >= 15 is 0 Å². The van der Waals surface area contributed by atoms with Crippen LogP contribution in [0.15, 0.2) is 43.7 Å². The van der Waals surface area contributed by atoms with Crippen molar-refractivity contribution in [3.63, 3.8) is 0 Å². The molecule has 0 aliphatic rings. The topological polar surface area (TPSA) is 21.3 Å². The molecule has 2 aromatic carbocycles. The monoisotopic (exact) mass is 479 g/mol. The molecule has 0 saturated heterocycles. The molecule has 0 saturated carbocycles. The summed E-state index contributed by atoms with van der Waals surface area (Å²) in [7, 11) is 0. The average Bonchev–Trinajstić information content (AvgIpc) is 2.41.